The number of nitrogens with zero attached hydrogens (tertiary/aromatic N) is 3. The summed E-state index contributed by atoms with van der Waals surface area (Å²) >= 11 is 0. The molecule has 0 radical (unpaired) electrons. The third kappa shape index (κ3) is 4.23. The molecule has 8 heteroatoms. The van der Waals surface area contributed by atoms with E-state index in [1.165, 1.54) is 0 Å². The molecular weight excluding hydrogens is 418 g/mol. The third-order valence-electron chi connectivity index (χ3n) is 6.30. The number of anilines is 2. The molecule has 8 nitrogen and oxygen atoms in total. The van der Waals surface area contributed by atoms with Crippen molar-refractivity contribution in [2.45, 2.75) is 70.6 Å². The lowest BCUT2D eigenvalue weighted by Crippen LogP contribution is -2.36. The summed E-state index contributed by atoms with van der Waals surface area (Å²) in [6.45, 7) is 7.83. The van der Waals surface area contributed by atoms with Crippen molar-refractivity contribution in [2.24, 2.45) is 5.73 Å². The highest BCUT2D eigenvalue weighted by Gasteiger charge is 2.33. The predicted molar refractivity (Wildman–Crippen MR) is 126 cm³/mol. The first-order valence-electron chi connectivity index (χ1n) is 11.4. The molecule has 4 heterocycles. The molecular formula is C25H29N5O3. The van der Waals surface area contributed by atoms with Gasteiger partial charge in [0, 0.05) is 24.4 Å². The summed E-state index contributed by atoms with van der Waals surface area (Å²) in [6, 6.07) is 5.47. The largest absolute Gasteiger partial charge is 0.474 e. The van der Waals surface area contributed by atoms with E-state index >= 15 is 0 Å². The van der Waals surface area contributed by atoms with Crippen LogP contribution in [0.1, 0.15) is 68.6 Å². The number of ether oxygens (including phenoxy) is 2. The number of aromatic nitrogens is 3. The molecule has 0 unspecified atom stereocenters. The summed E-state index contributed by atoms with van der Waals surface area (Å²) in [7, 11) is 0. The smallest absolute Gasteiger partial charge is 0.340 e. The maximum atomic E-state index is 12.3. The van der Waals surface area contributed by atoms with Crippen LogP contribution in [0.5, 0.6) is 5.88 Å². The van der Waals surface area contributed by atoms with Gasteiger partial charge in [-0.25, -0.2) is 19.7 Å². The van der Waals surface area contributed by atoms with E-state index in [1.54, 1.807) is 18.3 Å². The molecule has 0 amide bonds. The number of rotatable bonds is 6. The molecule has 1 aliphatic carbocycles. The number of cyclic esters (lactones) is 1. The van der Waals surface area contributed by atoms with Crippen LogP contribution in [0.25, 0.3) is 10.8 Å². The van der Waals surface area contributed by atoms with Gasteiger partial charge in [0.05, 0.1) is 16.6 Å². The number of fused-ring (bicyclic) bond motifs is 2. The number of nitrogens with one attached hydrogen (secondary N) is 1. The predicted octanol–water partition coefficient (Wildman–Crippen LogP) is 4.39. The number of hydrogen-bond donors (Lipinski definition) is 2. The molecule has 2 aliphatic rings. The van der Waals surface area contributed by atoms with E-state index in [1.807, 2.05) is 33.0 Å². The van der Waals surface area contributed by atoms with Crippen molar-refractivity contribution in [1.82, 2.24) is 15.0 Å². The summed E-state index contributed by atoms with van der Waals surface area (Å²) in [5.74, 6) is 1.49. The van der Waals surface area contributed by atoms with Gasteiger partial charge in [0.25, 0.3) is 0 Å². The molecule has 172 valence electrons. The fourth-order valence-corrected chi connectivity index (χ4v) is 4.03. The Balaban J connectivity index is 1.53. The number of carbonyl (C=O) groups is 1. The summed E-state index contributed by atoms with van der Waals surface area (Å²) in [5, 5.41) is 5.08. The Kier molecular flexibility index (Phi) is 5.01. The topological polar surface area (TPSA) is 112 Å². The van der Waals surface area contributed by atoms with Crippen molar-refractivity contribution in [3.05, 3.63) is 47.4 Å². The number of nitrogens with two attached hydrogens (primary N) is 1. The molecule has 3 aromatic heterocycles. The van der Waals surface area contributed by atoms with Crippen molar-refractivity contribution in [1.29, 1.82) is 0 Å². The molecule has 1 aliphatic heterocycles. The average molecular weight is 448 g/mol. The van der Waals surface area contributed by atoms with Crippen LogP contribution in [0.2, 0.25) is 0 Å². The van der Waals surface area contributed by atoms with Crippen LogP contribution in [-0.2, 0) is 16.7 Å². The summed E-state index contributed by atoms with van der Waals surface area (Å²) < 4.78 is 11.5. The second kappa shape index (κ2) is 7.66. The van der Waals surface area contributed by atoms with Gasteiger partial charge in [0.2, 0.25) is 5.88 Å². The second-order valence-corrected chi connectivity index (χ2v) is 9.82. The summed E-state index contributed by atoms with van der Waals surface area (Å²) in [4.78, 5) is 26.1. The molecule has 3 N–H and O–H groups in total. The first-order valence-corrected chi connectivity index (χ1v) is 11.4. The van der Waals surface area contributed by atoms with E-state index in [2.05, 4.69) is 27.2 Å². The Morgan fingerprint density at radius 3 is 2.73 bits per heavy atom. The molecule has 0 saturated heterocycles. The van der Waals surface area contributed by atoms with Gasteiger partial charge >= 0.3 is 5.97 Å². The minimum atomic E-state index is -0.581. The van der Waals surface area contributed by atoms with Crippen molar-refractivity contribution in [3.8, 4) is 5.88 Å². The van der Waals surface area contributed by atoms with Crippen molar-refractivity contribution >= 4 is 28.4 Å². The Labute approximate surface area is 192 Å². The van der Waals surface area contributed by atoms with Crippen molar-refractivity contribution in [3.63, 3.8) is 0 Å². The second-order valence-electron chi connectivity index (χ2n) is 9.82. The molecule has 1 saturated carbocycles. The molecule has 0 aromatic carbocycles. The van der Waals surface area contributed by atoms with Gasteiger partial charge in [-0.3, -0.25) is 0 Å². The van der Waals surface area contributed by atoms with Crippen LogP contribution in [0.4, 0.5) is 11.6 Å². The minimum Gasteiger partial charge on any atom is -0.474 e. The van der Waals surface area contributed by atoms with E-state index in [-0.39, 0.29) is 12.1 Å². The maximum Gasteiger partial charge on any atom is 0.340 e. The minimum absolute atomic E-state index is 0.232. The van der Waals surface area contributed by atoms with Gasteiger partial charge in [-0.05, 0) is 69.2 Å². The van der Waals surface area contributed by atoms with Crippen LogP contribution in [0, 0.1) is 0 Å². The highest BCUT2D eigenvalue weighted by atomic mass is 16.6. The highest BCUT2D eigenvalue weighted by Crippen LogP contribution is 2.36. The highest BCUT2D eigenvalue weighted by molar-refractivity contribution is 5.93. The van der Waals surface area contributed by atoms with Gasteiger partial charge in [-0.1, -0.05) is 6.92 Å². The zero-order valence-electron chi connectivity index (χ0n) is 19.4. The normalized spacial score (nSPS) is 18.9. The van der Waals surface area contributed by atoms with Crippen LogP contribution in [0.3, 0.4) is 0 Å². The average Bonchev–Trinajstić information content (AvgIpc) is 3.56. The first-order chi connectivity index (χ1) is 15.6. The van der Waals surface area contributed by atoms with E-state index in [0.29, 0.717) is 35.2 Å². The lowest BCUT2D eigenvalue weighted by Gasteiger charge is -2.30. The number of pyridine rings is 3. The molecule has 33 heavy (non-hydrogen) atoms. The Morgan fingerprint density at radius 2 is 2.00 bits per heavy atom. The quantitative estimate of drug-likeness (QED) is 0.535. The zero-order chi connectivity index (χ0) is 23.4. The van der Waals surface area contributed by atoms with Gasteiger partial charge in [-0.2, -0.15) is 0 Å². The molecule has 1 atom stereocenters. The van der Waals surface area contributed by atoms with Crippen molar-refractivity contribution in [2.75, 3.05) is 5.32 Å². The number of hydrogen-bond acceptors (Lipinski definition) is 8. The molecule has 5 rings (SSSR count). The number of esters is 1. The molecule has 1 fully saturated rings. The van der Waals surface area contributed by atoms with Gasteiger partial charge in [0.15, 0.2) is 0 Å². The van der Waals surface area contributed by atoms with E-state index in [4.69, 9.17) is 15.2 Å². The van der Waals surface area contributed by atoms with Crippen LogP contribution in [0.15, 0.2) is 30.6 Å². The Morgan fingerprint density at radius 1 is 1.21 bits per heavy atom. The van der Waals surface area contributed by atoms with Gasteiger partial charge < -0.3 is 20.5 Å². The lowest BCUT2D eigenvalue weighted by molar-refractivity contribution is -0.00714. The van der Waals surface area contributed by atoms with Gasteiger partial charge in [-0.15, -0.1) is 0 Å². The van der Waals surface area contributed by atoms with E-state index in [0.717, 1.165) is 35.6 Å². The maximum absolute atomic E-state index is 12.3. The van der Waals surface area contributed by atoms with E-state index < -0.39 is 11.1 Å². The summed E-state index contributed by atoms with van der Waals surface area (Å²) in [5.41, 5.74) is 7.64. The SMILES string of the molecule is CC[C@](C)(N)c1cnc(OC2CC2)c2cnc(Nc3ccc4c(n3)CC(C)(C)OC4=O)cc12. The fourth-order valence-electron chi connectivity index (χ4n) is 4.03. The summed E-state index contributed by atoms with van der Waals surface area (Å²) in [6.07, 6.45) is 7.24. The van der Waals surface area contributed by atoms with Crippen LogP contribution in [-0.4, -0.2) is 32.6 Å². The standard InChI is InChI=1S/C25H29N5O3/c1-5-25(4,26)18-13-28-22(32-14-6-7-14)17-12-27-21(10-16(17)18)30-20-9-8-15-19(29-20)11-24(2,3)33-23(15)31/h8-10,12-14H,5-7,11,26H2,1-4H3,(H,27,29,30)/t25-/m0/s1. The molecule has 0 spiro atoms. The molecule has 0 bridgehead atoms. The zero-order valence-corrected chi connectivity index (χ0v) is 19.4. The van der Waals surface area contributed by atoms with Crippen LogP contribution < -0.4 is 15.8 Å². The van der Waals surface area contributed by atoms with E-state index in [9.17, 15) is 4.79 Å². The fraction of sp³-hybridized carbons (Fsp3) is 0.440. The lowest BCUT2D eigenvalue weighted by atomic mass is 9.88. The Bertz CT molecular complexity index is 1250. The molecule has 3 aromatic rings. The third-order valence-corrected chi connectivity index (χ3v) is 6.30. The van der Waals surface area contributed by atoms with Gasteiger partial charge in [0.1, 0.15) is 23.3 Å². The number of carbonyl (C=O) groups excluding carboxylic acids is 1. The Hall–Kier alpha value is -3.26. The van der Waals surface area contributed by atoms with Crippen molar-refractivity contribution < 1.29 is 14.3 Å². The van der Waals surface area contributed by atoms with Crippen LogP contribution >= 0.6 is 0 Å². The first kappa shape index (κ1) is 21.6. The monoisotopic (exact) mass is 447 g/mol.